The minimum Gasteiger partial charge on any atom is -0.493 e. The summed E-state index contributed by atoms with van der Waals surface area (Å²) in [6.07, 6.45) is 3.07. The molecule has 2 rings (SSSR count). The molecule has 1 heterocycles. The van der Waals surface area contributed by atoms with Crippen LogP contribution in [0.2, 0.25) is 5.02 Å². The molecule has 0 saturated carbocycles. The van der Waals surface area contributed by atoms with Gasteiger partial charge in [0.1, 0.15) is 12.0 Å². The predicted octanol–water partition coefficient (Wildman–Crippen LogP) is 2.41. The second kappa shape index (κ2) is 4.01. The van der Waals surface area contributed by atoms with Gasteiger partial charge in [-0.3, -0.25) is 0 Å². The average Bonchev–Trinajstić information content (AvgIpc) is 2.64. The van der Waals surface area contributed by atoms with Gasteiger partial charge >= 0.3 is 0 Å². The van der Waals surface area contributed by atoms with Crippen molar-refractivity contribution in [2.45, 2.75) is 19.3 Å². The molecule has 0 amide bonds. The average molecular weight is 211 g/mol. The van der Waals surface area contributed by atoms with Crippen LogP contribution < -0.4 is 4.74 Å². The molecule has 1 aliphatic rings. The van der Waals surface area contributed by atoms with Gasteiger partial charge in [-0.25, -0.2) is 0 Å². The van der Waals surface area contributed by atoms with Crippen LogP contribution in [0.15, 0.2) is 12.1 Å². The van der Waals surface area contributed by atoms with Gasteiger partial charge in [-0.2, -0.15) is 0 Å². The van der Waals surface area contributed by atoms with E-state index < -0.39 is 0 Å². The number of ether oxygens (including phenoxy) is 1. The number of hydrogen-bond acceptors (Lipinski definition) is 2. The molecule has 0 radical (unpaired) electrons. The number of fused-ring (bicyclic) bond motifs is 1. The minimum atomic E-state index is 0.524. The summed E-state index contributed by atoms with van der Waals surface area (Å²) < 4.78 is 5.43. The van der Waals surface area contributed by atoms with Crippen molar-refractivity contribution in [3.63, 3.8) is 0 Å². The first-order valence-electron chi connectivity index (χ1n) is 4.69. The van der Waals surface area contributed by atoms with Crippen LogP contribution in [0.5, 0.6) is 5.75 Å². The summed E-state index contributed by atoms with van der Waals surface area (Å²) in [7, 11) is 0. The number of hydrogen-bond donors (Lipinski definition) is 0. The van der Waals surface area contributed by atoms with Crippen molar-refractivity contribution in [3.8, 4) is 5.75 Å². The van der Waals surface area contributed by atoms with Crippen molar-refractivity contribution in [1.82, 2.24) is 0 Å². The van der Waals surface area contributed by atoms with Crippen LogP contribution in [0.3, 0.4) is 0 Å². The third-order valence-corrected chi connectivity index (χ3v) is 2.81. The first-order chi connectivity index (χ1) is 6.83. The Labute approximate surface area is 87.8 Å². The summed E-state index contributed by atoms with van der Waals surface area (Å²) in [6.45, 7) is 0.726. The second-order valence-electron chi connectivity index (χ2n) is 3.31. The topological polar surface area (TPSA) is 26.3 Å². The van der Waals surface area contributed by atoms with Gasteiger partial charge in [-0.15, -0.1) is 0 Å². The maximum Gasteiger partial charge on any atom is 0.123 e. The molecule has 1 aromatic carbocycles. The Morgan fingerprint density at radius 2 is 2.36 bits per heavy atom. The Morgan fingerprint density at radius 3 is 3.14 bits per heavy atom. The fraction of sp³-hybridized carbons (Fsp3) is 0.364. The van der Waals surface area contributed by atoms with Crippen molar-refractivity contribution in [2.24, 2.45) is 0 Å². The van der Waals surface area contributed by atoms with E-state index in [1.54, 1.807) is 0 Å². The molecule has 0 aromatic heterocycles. The van der Waals surface area contributed by atoms with E-state index in [1.165, 1.54) is 5.56 Å². The Kier molecular flexibility index (Phi) is 2.73. The zero-order chi connectivity index (χ0) is 9.97. The van der Waals surface area contributed by atoms with E-state index in [9.17, 15) is 4.79 Å². The third kappa shape index (κ3) is 1.62. The summed E-state index contributed by atoms with van der Waals surface area (Å²) in [4.78, 5) is 10.3. The van der Waals surface area contributed by atoms with Gasteiger partial charge in [-0.1, -0.05) is 11.6 Å². The molecule has 2 nitrogen and oxygen atoms in total. The fourth-order valence-corrected chi connectivity index (χ4v) is 2.06. The SMILES string of the molecule is O=CCCc1c(Cl)ccc2c1CCO2. The van der Waals surface area contributed by atoms with Crippen molar-refractivity contribution in [1.29, 1.82) is 0 Å². The quantitative estimate of drug-likeness (QED) is 0.717. The van der Waals surface area contributed by atoms with E-state index in [2.05, 4.69) is 0 Å². The van der Waals surface area contributed by atoms with Gasteiger partial charge in [0.25, 0.3) is 0 Å². The third-order valence-electron chi connectivity index (χ3n) is 2.45. The van der Waals surface area contributed by atoms with Gasteiger partial charge in [0.05, 0.1) is 6.61 Å². The van der Waals surface area contributed by atoms with Crippen molar-refractivity contribution in [2.75, 3.05) is 6.61 Å². The molecule has 1 aromatic rings. The first-order valence-corrected chi connectivity index (χ1v) is 5.07. The fourth-order valence-electron chi connectivity index (χ4n) is 1.79. The van der Waals surface area contributed by atoms with Crippen LogP contribution in [0, 0.1) is 0 Å². The lowest BCUT2D eigenvalue weighted by molar-refractivity contribution is -0.107. The molecule has 14 heavy (non-hydrogen) atoms. The second-order valence-corrected chi connectivity index (χ2v) is 3.71. The first kappa shape index (κ1) is 9.53. The van der Waals surface area contributed by atoms with Crippen LogP contribution in [0.25, 0.3) is 0 Å². The van der Waals surface area contributed by atoms with Crippen LogP contribution in [-0.4, -0.2) is 12.9 Å². The number of rotatable bonds is 3. The van der Waals surface area contributed by atoms with Gasteiger partial charge in [0.2, 0.25) is 0 Å². The monoisotopic (exact) mass is 210 g/mol. The van der Waals surface area contributed by atoms with E-state index in [0.717, 1.165) is 42.1 Å². The Hall–Kier alpha value is -1.02. The lowest BCUT2D eigenvalue weighted by Gasteiger charge is -2.07. The molecule has 0 saturated heterocycles. The van der Waals surface area contributed by atoms with E-state index in [-0.39, 0.29) is 0 Å². The molecular formula is C11H11ClO2. The molecule has 0 atom stereocenters. The number of carbonyl (C=O) groups is 1. The maximum atomic E-state index is 10.3. The van der Waals surface area contributed by atoms with Gasteiger partial charge in [0.15, 0.2) is 0 Å². The molecule has 0 unspecified atom stereocenters. The number of carbonyl (C=O) groups excluding carboxylic acids is 1. The van der Waals surface area contributed by atoms with E-state index in [0.29, 0.717) is 6.42 Å². The summed E-state index contributed by atoms with van der Waals surface area (Å²) in [5.41, 5.74) is 2.26. The highest BCUT2D eigenvalue weighted by Crippen LogP contribution is 2.33. The Morgan fingerprint density at radius 1 is 1.50 bits per heavy atom. The summed E-state index contributed by atoms with van der Waals surface area (Å²) in [5.74, 6) is 0.926. The molecule has 0 bridgehead atoms. The Balaban J connectivity index is 2.36. The number of aldehydes is 1. The normalized spacial score (nSPS) is 13.5. The van der Waals surface area contributed by atoms with Crippen molar-refractivity contribution in [3.05, 3.63) is 28.3 Å². The summed E-state index contributed by atoms with van der Waals surface area (Å²) in [5, 5.41) is 0.746. The zero-order valence-electron chi connectivity index (χ0n) is 7.75. The molecule has 74 valence electrons. The molecule has 0 aliphatic carbocycles. The lowest BCUT2D eigenvalue weighted by Crippen LogP contribution is -1.94. The molecular weight excluding hydrogens is 200 g/mol. The van der Waals surface area contributed by atoms with Crippen LogP contribution in [0.1, 0.15) is 17.5 Å². The van der Waals surface area contributed by atoms with Gasteiger partial charge in [0, 0.05) is 23.4 Å². The lowest BCUT2D eigenvalue weighted by atomic mass is 10.0. The van der Waals surface area contributed by atoms with Gasteiger partial charge in [-0.05, 0) is 24.1 Å². The van der Waals surface area contributed by atoms with Gasteiger partial charge < -0.3 is 9.53 Å². The van der Waals surface area contributed by atoms with E-state index in [1.807, 2.05) is 12.1 Å². The van der Waals surface area contributed by atoms with Crippen molar-refractivity contribution < 1.29 is 9.53 Å². The maximum absolute atomic E-state index is 10.3. The molecule has 3 heteroatoms. The highest BCUT2D eigenvalue weighted by molar-refractivity contribution is 6.31. The van der Waals surface area contributed by atoms with E-state index >= 15 is 0 Å². The van der Waals surface area contributed by atoms with Crippen LogP contribution in [0.4, 0.5) is 0 Å². The standard InChI is InChI=1S/C11H11ClO2/c12-10-3-4-11-9(5-7-14-11)8(10)2-1-6-13/h3-4,6H,1-2,5,7H2. The number of halogens is 1. The highest BCUT2D eigenvalue weighted by atomic mass is 35.5. The smallest absolute Gasteiger partial charge is 0.123 e. The molecule has 0 spiro atoms. The zero-order valence-corrected chi connectivity index (χ0v) is 8.51. The molecule has 0 N–H and O–H groups in total. The van der Waals surface area contributed by atoms with Crippen molar-refractivity contribution >= 4 is 17.9 Å². The summed E-state index contributed by atoms with van der Waals surface area (Å²) >= 11 is 6.07. The largest absolute Gasteiger partial charge is 0.493 e. The van der Waals surface area contributed by atoms with Crippen LogP contribution >= 0.6 is 11.6 Å². The Bertz CT molecular complexity index is 361. The van der Waals surface area contributed by atoms with Crippen LogP contribution in [-0.2, 0) is 17.6 Å². The minimum absolute atomic E-state index is 0.524. The van der Waals surface area contributed by atoms with E-state index in [4.69, 9.17) is 16.3 Å². The molecule has 0 fully saturated rings. The summed E-state index contributed by atoms with van der Waals surface area (Å²) in [6, 6.07) is 3.74. The molecule has 1 aliphatic heterocycles. The highest BCUT2D eigenvalue weighted by Gasteiger charge is 2.17. The number of benzene rings is 1. The predicted molar refractivity (Wildman–Crippen MR) is 55.0 cm³/mol.